The van der Waals surface area contributed by atoms with E-state index in [1.807, 2.05) is 0 Å². The number of rotatable bonds is 4. The Kier molecular flexibility index (Phi) is 4.58. The minimum absolute atomic E-state index is 0.0116. The topological polar surface area (TPSA) is 76.3 Å². The van der Waals surface area contributed by atoms with Gasteiger partial charge < -0.3 is 4.52 Å². The molecule has 130 valence electrons. The molecule has 1 saturated heterocycles. The molecular formula is C14H14ClF2N3O3S. The second-order valence-corrected chi connectivity index (χ2v) is 8.04. The van der Waals surface area contributed by atoms with Gasteiger partial charge in [-0.1, -0.05) is 29.4 Å². The van der Waals surface area contributed by atoms with Gasteiger partial charge in [-0.2, -0.15) is 18.1 Å². The molecule has 0 amide bonds. The van der Waals surface area contributed by atoms with E-state index in [4.69, 9.17) is 11.6 Å². The van der Waals surface area contributed by atoms with Crippen molar-refractivity contribution in [2.75, 3.05) is 12.3 Å². The first kappa shape index (κ1) is 17.2. The summed E-state index contributed by atoms with van der Waals surface area (Å²) < 4.78 is 55.6. The molecule has 6 nitrogen and oxygen atoms in total. The molecular weight excluding hydrogens is 364 g/mol. The zero-order valence-corrected chi connectivity index (χ0v) is 14.0. The Morgan fingerprint density at radius 3 is 2.54 bits per heavy atom. The molecule has 10 heteroatoms. The van der Waals surface area contributed by atoms with Gasteiger partial charge in [0.05, 0.1) is 5.75 Å². The van der Waals surface area contributed by atoms with E-state index in [0.717, 1.165) is 12.0 Å². The Morgan fingerprint density at radius 2 is 1.96 bits per heavy atom. The molecule has 0 bridgehead atoms. The van der Waals surface area contributed by atoms with Crippen molar-refractivity contribution in [3.05, 3.63) is 35.7 Å². The first-order valence-corrected chi connectivity index (χ1v) is 9.22. The molecule has 2 aromatic rings. The number of nitrogens with zero attached hydrogens (tertiary/aromatic N) is 3. The van der Waals surface area contributed by atoms with Crippen LogP contribution in [0.5, 0.6) is 0 Å². The molecule has 2 heterocycles. The molecule has 1 aromatic heterocycles. The van der Waals surface area contributed by atoms with Crippen molar-refractivity contribution in [2.45, 2.75) is 24.8 Å². The fourth-order valence-corrected chi connectivity index (χ4v) is 4.09. The summed E-state index contributed by atoms with van der Waals surface area (Å²) >= 11 is 4.83. The molecule has 0 N–H and O–H groups in total. The highest BCUT2D eigenvalue weighted by molar-refractivity contribution is 7.89. The monoisotopic (exact) mass is 377 g/mol. The third kappa shape index (κ3) is 3.73. The molecule has 0 saturated carbocycles. The molecule has 1 fully saturated rings. The van der Waals surface area contributed by atoms with Crippen LogP contribution in [-0.2, 0) is 21.9 Å². The molecule has 0 atom stereocenters. The minimum Gasteiger partial charge on any atom is -0.331 e. The van der Waals surface area contributed by atoms with Gasteiger partial charge in [-0.05, 0) is 30.0 Å². The third-order valence-corrected chi connectivity index (χ3v) is 5.76. The Hall–Kier alpha value is -1.58. The van der Waals surface area contributed by atoms with Gasteiger partial charge in [0, 0.05) is 18.7 Å². The molecule has 0 spiro atoms. The molecule has 3 rings (SSSR count). The minimum atomic E-state index is -3.71. The van der Waals surface area contributed by atoms with E-state index in [-0.39, 0.29) is 18.1 Å². The maximum absolute atomic E-state index is 12.9. The van der Waals surface area contributed by atoms with Crippen LogP contribution in [0.3, 0.4) is 0 Å². The number of halogens is 3. The second-order valence-electron chi connectivity index (χ2n) is 5.47. The molecule has 24 heavy (non-hydrogen) atoms. The van der Waals surface area contributed by atoms with E-state index in [0.29, 0.717) is 18.5 Å². The summed E-state index contributed by atoms with van der Waals surface area (Å²) in [6, 6.07) is 6.64. The summed E-state index contributed by atoms with van der Waals surface area (Å²) in [4.78, 5) is 3.55. The van der Waals surface area contributed by atoms with Crippen LogP contribution in [-0.4, -0.2) is 35.2 Å². The molecule has 0 unspecified atom stereocenters. The van der Waals surface area contributed by atoms with Gasteiger partial charge in [-0.15, -0.1) is 0 Å². The number of hydrogen-bond acceptors (Lipinski definition) is 5. The Balaban J connectivity index is 1.75. The number of hydrogen-bond donors (Lipinski definition) is 0. The fraction of sp³-hybridized carbons (Fsp3) is 0.429. The van der Waals surface area contributed by atoms with Gasteiger partial charge in [0.1, 0.15) is 0 Å². The van der Waals surface area contributed by atoms with E-state index < -0.39 is 21.3 Å². The van der Waals surface area contributed by atoms with E-state index in [9.17, 15) is 17.2 Å². The van der Waals surface area contributed by atoms with Crippen LogP contribution in [0.1, 0.15) is 24.3 Å². The van der Waals surface area contributed by atoms with Crippen molar-refractivity contribution in [3.63, 3.8) is 0 Å². The molecule has 0 radical (unpaired) electrons. The number of alkyl halides is 3. The van der Waals surface area contributed by atoms with Gasteiger partial charge in [-0.3, -0.25) is 0 Å². The maximum Gasteiger partial charge on any atom is 0.400 e. The van der Waals surface area contributed by atoms with Crippen LogP contribution in [0, 0.1) is 0 Å². The van der Waals surface area contributed by atoms with E-state index >= 15 is 0 Å². The zero-order chi connectivity index (χ0) is 17.4. The maximum atomic E-state index is 12.9. The van der Waals surface area contributed by atoms with Crippen molar-refractivity contribution in [1.29, 1.82) is 0 Å². The van der Waals surface area contributed by atoms with Crippen molar-refractivity contribution in [3.8, 4) is 11.4 Å². The van der Waals surface area contributed by atoms with Crippen LogP contribution in [0.15, 0.2) is 28.8 Å². The van der Waals surface area contributed by atoms with Crippen LogP contribution < -0.4 is 0 Å². The average molecular weight is 378 g/mol. The number of aromatic nitrogens is 2. The summed E-state index contributed by atoms with van der Waals surface area (Å²) in [6.45, 7) is 0.781. The number of sulfonamides is 1. The molecule has 1 aliphatic heterocycles. The lowest BCUT2D eigenvalue weighted by molar-refractivity contribution is 0.0551. The fourth-order valence-electron chi connectivity index (χ4n) is 2.44. The van der Waals surface area contributed by atoms with Gasteiger partial charge in [0.15, 0.2) is 0 Å². The highest BCUT2D eigenvalue weighted by Gasteiger charge is 2.35. The third-order valence-electron chi connectivity index (χ3n) is 3.69. The lowest BCUT2D eigenvalue weighted by Crippen LogP contribution is -2.37. The normalized spacial score (nSPS) is 18.6. The lowest BCUT2D eigenvalue weighted by atomic mass is 10.1. The SMILES string of the molecule is O=S1(=O)CCCCN1Cc1ccc(-c2noc(C(F)(F)Cl)n2)cc1. The molecule has 1 aliphatic rings. The zero-order valence-electron chi connectivity index (χ0n) is 12.5. The van der Waals surface area contributed by atoms with Crippen LogP contribution in [0.2, 0.25) is 0 Å². The van der Waals surface area contributed by atoms with Gasteiger partial charge in [-0.25, -0.2) is 8.42 Å². The summed E-state index contributed by atoms with van der Waals surface area (Å²) in [5, 5.41) is -0.250. The predicted molar refractivity (Wildman–Crippen MR) is 82.9 cm³/mol. The lowest BCUT2D eigenvalue weighted by Gasteiger charge is -2.26. The van der Waals surface area contributed by atoms with Crippen molar-refractivity contribution < 1.29 is 21.7 Å². The van der Waals surface area contributed by atoms with E-state index in [2.05, 4.69) is 14.7 Å². The summed E-state index contributed by atoms with van der Waals surface area (Å²) in [6.07, 6.45) is 1.53. The largest absolute Gasteiger partial charge is 0.400 e. The van der Waals surface area contributed by atoms with E-state index in [1.165, 1.54) is 4.31 Å². The van der Waals surface area contributed by atoms with E-state index in [1.54, 1.807) is 24.3 Å². The first-order valence-electron chi connectivity index (χ1n) is 7.24. The van der Waals surface area contributed by atoms with Crippen molar-refractivity contribution >= 4 is 21.6 Å². The molecule has 0 aliphatic carbocycles. The smallest absolute Gasteiger partial charge is 0.331 e. The highest BCUT2D eigenvalue weighted by atomic mass is 35.5. The standard InChI is InChI=1S/C14H14ClF2N3O3S/c15-14(16,17)13-18-12(19-23-13)11-5-3-10(4-6-11)9-20-7-1-2-8-24(20,21)22/h3-6H,1-2,7-9H2. The van der Waals surface area contributed by atoms with Crippen molar-refractivity contribution in [1.82, 2.24) is 14.4 Å². The molecule has 1 aromatic carbocycles. The Morgan fingerprint density at radius 1 is 1.25 bits per heavy atom. The Labute approximate surface area is 142 Å². The summed E-state index contributed by atoms with van der Waals surface area (Å²) in [5.41, 5.74) is 1.26. The van der Waals surface area contributed by atoms with Crippen LogP contribution >= 0.6 is 11.6 Å². The Bertz CT molecular complexity index is 819. The first-order chi connectivity index (χ1) is 11.3. The second kappa shape index (κ2) is 6.38. The average Bonchev–Trinajstić information content (AvgIpc) is 3.00. The highest BCUT2D eigenvalue weighted by Crippen LogP contribution is 2.32. The number of benzene rings is 1. The quantitative estimate of drug-likeness (QED) is 0.766. The summed E-state index contributed by atoms with van der Waals surface area (Å²) in [5.74, 6) is -0.811. The predicted octanol–water partition coefficient (Wildman–Crippen LogP) is 2.95. The summed E-state index contributed by atoms with van der Waals surface area (Å²) in [7, 11) is -3.20. The van der Waals surface area contributed by atoms with Gasteiger partial charge in [0.2, 0.25) is 15.8 Å². The van der Waals surface area contributed by atoms with Crippen LogP contribution in [0.25, 0.3) is 11.4 Å². The van der Waals surface area contributed by atoms with Crippen LogP contribution in [0.4, 0.5) is 8.78 Å². The van der Waals surface area contributed by atoms with Gasteiger partial charge >= 0.3 is 11.3 Å². The van der Waals surface area contributed by atoms with Crippen molar-refractivity contribution in [2.24, 2.45) is 0 Å². The van der Waals surface area contributed by atoms with Gasteiger partial charge in [0.25, 0.3) is 0 Å².